The second kappa shape index (κ2) is 5.80. The standard InChI is InChI=1S/C19H22N4/c1-13-4-2-3-5-16(13)15-6-7-18-17(9-15)22-12-23(18)19-8-14(10-20)11-21-19/h2-7,9,12,14,19,21H,8,10-11,20H2,1H3. The van der Waals surface area contributed by atoms with Gasteiger partial charge in [0, 0.05) is 6.54 Å². The maximum atomic E-state index is 5.80. The summed E-state index contributed by atoms with van der Waals surface area (Å²) >= 11 is 0. The lowest BCUT2D eigenvalue weighted by atomic mass is 10.0. The quantitative estimate of drug-likeness (QED) is 0.782. The van der Waals surface area contributed by atoms with Crippen LogP contribution in [0.4, 0.5) is 0 Å². The second-order valence-electron chi connectivity index (χ2n) is 6.43. The summed E-state index contributed by atoms with van der Waals surface area (Å²) in [6.45, 7) is 3.88. The molecule has 1 saturated heterocycles. The molecule has 3 aromatic rings. The molecular formula is C19H22N4. The lowest BCUT2D eigenvalue weighted by Gasteiger charge is -2.14. The van der Waals surface area contributed by atoms with Crippen molar-refractivity contribution in [3.8, 4) is 11.1 Å². The summed E-state index contributed by atoms with van der Waals surface area (Å²) in [6.07, 6.45) is 3.32. The van der Waals surface area contributed by atoms with Gasteiger partial charge in [-0.1, -0.05) is 30.3 Å². The first-order valence-electron chi connectivity index (χ1n) is 8.22. The SMILES string of the molecule is Cc1ccccc1-c1ccc2c(c1)ncn2C1CC(CN)CN1. The molecule has 1 aliphatic heterocycles. The van der Waals surface area contributed by atoms with E-state index >= 15 is 0 Å². The van der Waals surface area contributed by atoms with Gasteiger partial charge in [-0.25, -0.2) is 4.98 Å². The number of rotatable bonds is 3. The molecule has 4 nitrogen and oxygen atoms in total. The molecule has 0 aliphatic carbocycles. The Balaban J connectivity index is 1.71. The third kappa shape index (κ3) is 2.54. The van der Waals surface area contributed by atoms with Gasteiger partial charge in [-0.15, -0.1) is 0 Å². The number of aromatic nitrogens is 2. The minimum Gasteiger partial charge on any atom is -0.330 e. The van der Waals surface area contributed by atoms with Crippen LogP contribution in [0.15, 0.2) is 48.8 Å². The molecule has 0 radical (unpaired) electrons. The molecule has 2 heterocycles. The zero-order chi connectivity index (χ0) is 15.8. The maximum Gasteiger partial charge on any atom is 0.0971 e. The highest BCUT2D eigenvalue weighted by Crippen LogP contribution is 2.29. The Morgan fingerprint density at radius 3 is 2.91 bits per heavy atom. The van der Waals surface area contributed by atoms with Crippen LogP contribution in [0, 0.1) is 12.8 Å². The van der Waals surface area contributed by atoms with Crippen LogP contribution in [0.5, 0.6) is 0 Å². The first-order valence-corrected chi connectivity index (χ1v) is 8.22. The van der Waals surface area contributed by atoms with Crippen molar-refractivity contribution >= 4 is 11.0 Å². The molecule has 3 N–H and O–H groups in total. The Hall–Kier alpha value is -2.17. The third-order valence-electron chi connectivity index (χ3n) is 4.90. The lowest BCUT2D eigenvalue weighted by Crippen LogP contribution is -2.20. The van der Waals surface area contributed by atoms with Gasteiger partial charge in [-0.05, 0) is 54.6 Å². The van der Waals surface area contributed by atoms with Crippen LogP contribution in [-0.4, -0.2) is 22.6 Å². The van der Waals surface area contributed by atoms with Gasteiger partial charge in [0.15, 0.2) is 0 Å². The molecule has 1 aliphatic rings. The number of aryl methyl sites for hydroxylation is 1. The number of nitrogens with zero attached hydrogens (tertiary/aromatic N) is 2. The molecule has 0 amide bonds. The normalized spacial score (nSPS) is 21.1. The van der Waals surface area contributed by atoms with Crippen LogP contribution < -0.4 is 11.1 Å². The summed E-state index contributed by atoms with van der Waals surface area (Å²) in [4.78, 5) is 4.62. The van der Waals surface area contributed by atoms with Crippen molar-refractivity contribution in [1.82, 2.24) is 14.9 Å². The van der Waals surface area contributed by atoms with E-state index in [9.17, 15) is 0 Å². The van der Waals surface area contributed by atoms with Crippen LogP contribution in [0.1, 0.15) is 18.2 Å². The highest BCUT2D eigenvalue weighted by atomic mass is 15.2. The Kier molecular flexibility index (Phi) is 3.63. The van der Waals surface area contributed by atoms with Gasteiger partial charge in [-0.2, -0.15) is 0 Å². The van der Waals surface area contributed by atoms with E-state index in [0.29, 0.717) is 12.1 Å². The molecule has 1 fully saturated rings. The number of hydrogen-bond acceptors (Lipinski definition) is 3. The lowest BCUT2D eigenvalue weighted by molar-refractivity contribution is 0.464. The molecule has 2 unspecified atom stereocenters. The largest absolute Gasteiger partial charge is 0.330 e. The third-order valence-corrected chi connectivity index (χ3v) is 4.90. The Bertz CT molecular complexity index is 836. The molecule has 1 aromatic heterocycles. The van der Waals surface area contributed by atoms with Gasteiger partial charge in [0.25, 0.3) is 0 Å². The molecule has 0 bridgehead atoms. The van der Waals surface area contributed by atoms with E-state index in [-0.39, 0.29) is 0 Å². The fraction of sp³-hybridized carbons (Fsp3) is 0.316. The van der Waals surface area contributed by atoms with Crippen molar-refractivity contribution in [1.29, 1.82) is 0 Å². The zero-order valence-corrected chi connectivity index (χ0v) is 13.4. The van der Waals surface area contributed by atoms with Crippen molar-refractivity contribution in [3.63, 3.8) is 0 Å². The molecule has 0 spiro atoms. The molecule has 2 atom stereocenters. The number of fused-ring (bicyclic) bond motifs is 1. The molecular weight excluding hydrogens is 284 g/mol. The molecule has 118 valence electrons. The van der Waals surface area contributed by atoms with Gasteiger partial charge in [-0.3, -0.25) is 5.32 Å². The average molecular weight is 306 g/mol. The predicted octanol–water partition coefficient (Wildman–Crippen LogP) is 3.08. The van der Waals surface area contributed by atoms with Crippen LogP contribution in [0.25, 0.3) is 22.2 Å². The predicted molar refractivity (Wildman–Crippen MR) is 94.1 cm³/mol. The Labute approximate surface area is 136 Å². The van der Waals surface area contributed by atoms with Crippen LogP contribution in [0.2, 0.25) is 0 Å². The average Bonchev–Trinajstić information content (AvgIpc) is 3.21. The van der Waals surface area contributed by atoms with Crippen LogP contribution in [0.3, 0.4) is 0 Å². The fourth-order valence-electron chi connectivity index (χ4n) is 3.52. The number of hydrogen-bond donors (Lipinski definition) is 2. The van der Waals surface area contributed by atoms with E-state index in [4.69, 9.17) is 5.73 Å². The number of nitrogens with two attached hydrogens (primary N) is 1. The molecule has 0 saturated carbocycles. The molecule has 4 rings (SSSR count). The van der Waals surface area contributed by atoms with Crippen LogP contribution >= 0.6 is 0 Å². The molecule has 23 heavy (non-hydrogen) atoms. The summed E-state index contributed by atoms with van der Waals surface area (Å²) in [5.41, 5.74) is 11.8. The van der Waals surface area contributed by atoms with Crippen LogP contribution in [-0.2, 0) is 0 Å². The van der Waals surface area contributed by atoms with Gasteiger partial charge in [0.05, 0.1) is 23.5 Å². The van der Waals surface area contributed by atoms with Gasteiger partial charge in [0.2, 0.25) is 0 Å². The van der Waals surface area contributed by atoms with Crippen molar-refractivity contribution in [2.75, 3.05) is 13.1 Å². The highest BCUT2D eigenvalue weighted by molar-refractivity contribution is 5.83. The Morgan fingerprint density at radius 2 is 2.13 bits per heavy atom. The number of nitrogens with one attached hydrogen (secondary N) is 1. The smallest absolute Gasteiger partial charge is 0.0971 e. The maximum absolute atomic E-state index is 5.80. The highest BCUT2D eigenvalue weighted by Gasteiger charge is 2.25. The zero-order valence-electron chi connectivity index (χ0n) is 13.4. The topological polar surface area (TPSA) is 55.9 Å². The van der Waals surface area contributed by atoms with Crippen molar-refractivity contribution in [3.05, 3.63) is 54.4 Å². The van der Waals surface area contributed by atoms with E-state index in [2.05, 4.69) is 64.3 Å². The van der Waals surface area contributed by atoms with E-state index < -0.39 is 0 Å². The van der Waals surface area contributed by atoms with Gasteiger partial charge in [0.1, 0.15) is 0 Å². The fourth-order valence-corrected chi connectivity index (χ4v) is 3.52. The van der Waals surface area contributed by atoms with Crippen molar-refractivity contribution in [2.24, 2.45) is 11.7 Å². The summed E-state index contributed by atoms with van der Waals surface area (Å²) in [5.74, 6) is 0.559. The minimum absolute atomic E-state index is 0.304. The van der Waals surface area contributed by atoms with E-state index in [1.807, 2.05) is 6.33 Å². The van der Waals surface area contributed by atoms with Gasteiger partial charge >= 0.3 is 0 Å². The van der Waals surface area contributed by atoms with Crippen molar-refractivity contribution < 1.29 is 0 Å². The van der Waals surface area contributed by atoms with E-state index in [0.717, 1.165) is 25.0 Å². The second-order valence-corrected chi connectivity index (χ2v) is 6.43. The minimum atomic E-state index is 0.304. The monoisotopic (exact) mass is 306 g/mol. The summed E-state index contributed by atoms with van der Waals surface area (Å²) in [5, 5.41) is 3.55. The number of benzene rings is 2. The van der Waals surface area contributed by atoms with Gasteiger partial charge < -0.3 is 10.3 Å². The van der Waals surface area contributed by atoms with E-state index in [1.165, 1.54) is 22.2 Å². The Morgan fingerprint density at radius 1 is 1.26 bits per heavy atom. The van der Waals surface area contributed by atoms with Crippen molar-refractivity contribution in [2.45, 2.75) is 19.5 Å². The summed E-state index contributed by atoms with van der Waals surface area (Å²) in [6, 6.07) is 15.0. The first kappa shape index (κ1) is 14.4. The summed E-state index contributed by atoms with van der Waals surface area (Å²) < 4.78 is 2.24. The van der Waals surface area contributed by atoms with E-state index in [1.54, 1.807) is 0 Å². The number of imidazole rings is 1. The molecule has 2 aromatic carbocycles. The first-order chi connectivity index (χ1) is 11.3. The summed E-state index contributed by atoms with van der Waals surface area (Å²) in [7, 11) is 0. The molecule has 4 heteroatoms.